The predicted molar refractivity (Wildman–Crippen MR) is 43.8 cm³/mol. The molecule has 0 saturated carbocycles. The third-order valence-electron chi connectivity index (χ3n) is 1.52. The molecule has 72 valence electrons. The van der Waals surface area contributed by atoms with Crippen LogP contribution in [-0.2, 0) is 18.3 Å². The van der Waals surface area contributed by atoms with Gasteiger partial charge in [0.25, 0.3) is 0 Å². The Kier molecular flexibility index (Phi) is 3.51. The summed E-state index contributed by atoms with van der Waals surface area (Å²) >= 11 is 0. The molecule has 0 aromatic carbocycles. The number of Topliss-reactive ketones (excluding diaryl/α,β-unsaturated/α-hetero) is 1. The van der Waals surface area contributed by atoms with Crippen LogP contribution in [0.1, 0.15) is 18.7 Å². The van der Waals surface area contributed by atoms with Crippen molar-refractivity contribution in [2.24, 2.45) is 7.05 Å². The Balaban J connectivity index is 2.36. The Morgan fingerprint density at radius 2 is 2.38 bits per heavy atom. The minimum absolute atomic E-state index is 0.0297. The van der Waals surface area contributed by atoms with Gasteiger partial charge in [-0.1, -0.05) is 0 Å². The van der Waals surface area contributed by atoms with Gasteiger partial charge in [0.05, 0.1) is 13.5 Å². The minimum atomic E-state index is 0.0297. The third kappa shape index (κ3) is 3.29. The second-order valence-corrected chi connectivity index (χ2v) is 2.74. The van der Waals surface area contributed by atoms with E-state index in [9.17, 15) is 4.79 Å². The summed E-state index contributed by atoms with van der Waals surface area (Å²) in [6.07, 6.45) is 1.07. The van der Waals surface area contributed by atoms with Gasteiger partial charge in [-0.15, -0.1) is 10.2 Å². The molecule has 6 nitrogen and oxygen atoms in total. The zero-order valence-electron chi connectivity index (χ0n) is 7.47. The van der Waals surface area contributed by atoms with Crippen LogP contribution in [-0.4, -0.2) is 37.7 Å². The van der Waals surface area contributed by atoms with Gasteiger partial charge < -0.3 is 5.11 Å². The van der Waals surface area contributed by atoms with Crippen molar-refractivity contribution in [3.8, 4) is 0 Å². The van der Waals surface area contributed by atoms with E-state index in [-0.39, 0.29) is 18.8 Å². The number of hydrogen-bond acceptors (Lipinski definition) is 5. The van der Waals surface area contributed by atoms with Crippen LogP contribution in [0.4, 0.5) is 0 Å². The Morgan fingerprint density at radius 3 is 2.92 bits per heavy atom. The monoisotopic (exact) mass is 184 g/mol. The van der Waals surface area contributed by atoms with Crippen LogP contribution < -0.4 is 0 Å². The summed E-state index contributed by atoms with van der Waals surface area (Å²) < 4.78 is 0. The zero-order chi connectivity index (χ0) is 9.68. The predicted octanol–water partition coefficient (Wildman–Crippen LogP) is -0.906. The molecule has 0 bridgehead atoms. The fourth-order valence-electron chi connectivity index (χ4n) is 0.935. The molecule has 0 aliphatic heterocycles. The normalized spacial score (nSPS) is 10.3. The summed E-state index contributed by atoms with van der Waals surface area (Å²) in [6.45, 7) is 0.0413. The summed E-state index contributed by atoms with van der Waals surface area (Å²) in [4.78, 5) is 12.5. The van der Waals surface area contributed by atoms with Gasteiger partial charge in [-0.3, -0.25) is 4.79 Å². The molecule has 0 aliphatic carbocycles. The molecule has 0 saturated heterocycles. The molecule has 0 atom stereocenters. The van der Waals surface area contributed by atoms with Gasteiger partial charge in [-0.05, 0) is 11.6 Å². The fraction of sp³-hybridized carbons (Fsp3) is 0.714. The Labute approximate surface area is 75.6 Å². The van der Waals surface area contributed by atoms with Gasteiger partial charge in [0.2, 0.25) is 0 Å². The van der Waals surface area contributed by atoms with Crippen LogP contribution in [0.25, 0.3) is 0 Å². The summed E-state index contributed by atoms with van der Waals surface area (Å²) in [5.41, 5.74) is 0. The van der Waals surface area contributed by atoms with Crippen molar-refractivity contribution < 1.29 is 9.90 Å². The summed E-state index contributed by atoms with van der Waals surface area (Å²) in [7, 11) is 1.65. The first-order valence-corrected chi connectivity index (χ1v) is 4.08. The number of aliphatic hydroxyl groups excluding tert-OH is 1. The lowest BCUT2D eigenvalue weighted by atomic mass is 10.2. The van der Waals surface area contributed by atoms with E-state index in [1.54, 1.807) is 7.05 Å². The molecule has 0 amide bonds. The average molecular weight is 184 g/mol. The molecule has 0 spiro atoms. The first-order chi connectivity index (χ1) is 6.22. The van der Waals surface area contributed by atoms with Crippen molar-refractivity contribution in [2.75, 3.05) is 6.61 Å². The van der Waals surface area contributed by atoms with E-state index in [1.807, 2.05) is 0 Å². The molecule has 0 radical (unpaired) electrons. The second-order valence-electron chi connectivity index (χ2n) is 2.74. The largest absolute Gasteiger partial charge is 0.396 e. The Morgan fingerprint density at radius 1 is 1.62 bits per heavy atom. The first-order valence-electron chi connectivity index (χ1n) is 4.08. The highest BCUT2D eigenvalue weighted by Crippen LogP contribution is 1.95. The molecule has 1 N–H and O–H groups in total. The number of aryl methyl sites for hydroxylation is 1. The van der Waals surface area contributed by atoms with Gasteiger partial charge >= 0.3 is 0 Å². The Bertz CT molecular complexity index is 284. The lowest BCUT2D eigenvalue weighted by molar-refractivity contribution is -0.118. The van der Waals surface area contributed by atoms with E-state index in [0.717, 1.165) is 0 Å². The van der Waals surface area contributed by atoms with E-state index in [2.05, 4.69) is 15.4 Å². The lowest BCUT2D eigenvalue weighted by Gasteiger charge is -1.93. The Hall–Kier alpha value is -1.30. The highest BCUT2D eigenvalue weighted by Gasteiger charge is 2.07. The van der Waals surface area contributed by atoms with Gasteiger partial charge in [0.1, 0.15) is 5.78 Å². The van der Waals surface area contributed by atoms with Crippen LogP contribution in [0.2, 0.25) is 0 Å². The van der Waals surface area contributed by atoms with Crippen molar-refractivity contribution in [2.45, 2.75) is 19.3 Å². The fourth-order valence-corrected chi connectivity index (χ4v) is 0.935. The second kappa shape index (κ2) is 4.66. The van der Waals surface area contributed by atoms with Gasteiger partial charge in [0.15, 0.2) is 5.82 Å². The zero-order valence-corrected chi connectivity index (χ0v) is 7.47. The van der Waals surface area contributed by atoms with E-state index in [1.165, 1.54) is 4.80 Å². The number of carbonyl (C=O) groups excluding carboxylic acids is 1. The van der Waals surface area contributed by atoms with Gasteiger partial charge in [-0.25, -0.2) is 0 Å². The van der Waals surface area contributed by atoms with Crippen LogP contribution in [0.15, 0.2) is 0 Å². The standard InChI is InChI=1S/C7H12N4O2/c1-11-9-7(8-10-11)5-6(13)3-2-4-12/h12H,2-5H2,1H3. The van der Waals surface area contributed by atoms with E-state index >= 15 is 0 Å². The van der Waals surface area contributed by atoms with Crippen LogP contribution >= 0.6 is 0 Å². The topological polar surface area (TPSA) is 80.9 Å². The number of carbonyl (C=O) groups is 1. The van der Waals surface area contributed by atoms with Crippen molar-refractivity contribution in [3.63, 3.8) is 0 Å². The smallest absolute Gasteiger partial charge is 0.182 e. The number of rotatable bonds is 5. The molecule has 1 aromatic heterocycles. The van der Waals surface area contributed by atoms with E-state index in [4.69, 9.17) is 5.11 Å². The van der Waals surface area contributed by atoms with Crippen molar-refractivity contribution >= 4 is 5.78 Å². The summed E-state index contributed by atoms with van der Waals surface area (Å²) in [6, 6.07) is 0. The van der Waals surface area contributed by atoms with Crippen LogP contribution in [0, 0.1) is 0 Å². The molecule has 1 aromatic rings. The van der Waals surface area contributed by atoms with E-state index < -0.39 is 0 Å². The average Bonchev–Trinajstić information content (AvgIpc) is 2.48. The van der Waals surface area contributed by atoms with Crippen molar-refractivity contribution in [1.29, 1.82) is 0 Å². The highest BCUT2D eigenvalue weighted by atomic mass is 16.3. The van der Waals surface area contributed by atoms with Crippen LogP contribution in [0.5, 0.6) is 0 Å². The number of aromatic nitrogens is 4. The molecule has 0 unspecified atom stereocenters. The molecule has 1 rings (SSSR count). The highest BCUT2D eigenvalue weighted by molar-refractivity contribution is 5.79. The molecule has 0 aliphatic rings. The van der Waals surface area contributed by atoms with E-state index in [0.29, 0.717) is 18.7 Å². The van der Waals surface area contributed by atoms with Crippen molar-refractivity contribution in [1.82, 2.24) is 20.2 Å². The quantitative estimate of drug-likeness (QED) is 0.641. The maximum absolute atomic E-state index is 11.2. The molecular weight excluding hydrogens is 172 g/mol. The summed E-state index contributed by atoms with van der Waals surface area (Å²) in [5, 5.41) is 19.6. The van der Waals surface area contributed by atoms with Crippen molar-refractivity contribution in [3.05, 3.63) is 5.82 Å². The SMILES string of the molecule is Cn1nnc(CC(=O)CCCO)n1. The molecule has 1 heterocycles. The van der Waals surface area contributed by atoms with Gasteiger partial charge in [-0.2, -0.15) is 4.80 Å². The number of aliphatic hydroxyl groups is 1. The van der Waals surface area contributed by atoms with Crippen LogP contribution in [0.3, 0.4) is 0 Å². The maximum Gasteiger partial charge on any atom is 0.182 e. The van der Waals surface area contributed by atoms with Gasteiger partial charge in [0, 0.05) is 13.0 Å². The molecule has 0 fully saturated rings. The maximum atomic E-state index is 11.2. The molecule has 6 heteroatoms. The number of nitrogens with zero attached hydrogens (tertiary/aromatic N) is 4. The molecular formula is C7H12N4O2. The first kappa shape index (κ1) is 9.79. The minimum Gasteiger partial charge on any atom is -0.396 e. The summed E-state index contributed by atoms with van der Waals surface area (Å²) in [5.74, 6) is 0.465. The number of ketones is 1. The third-order valence-corrected chi connectivity index (χ3v) is 1.52. The number of hydrogen-bond donors (Lipinski definition) is 1. The lowest BCUT2D eigenvalue weighted by Crippen LogP contribution is -2.05. The number of tetrazole rings is 1. The molecule has 13 heavy (non-hydrogen) atoms.